The van der Waals surface area contributed by atoms with Gasteiger partial charge in [-0.1, -0.05) is 6.07 Å². The van der Waals surface area contributed by atoms with Crippen molar-refractivity contribution in [2.75, 3.05) is 0 Å². The van der Waals surface area contributed by atoms with E-state index in [9.17, 15) is 8.42 Å². The van der Waals surface area contributed by atoms with Gasteiger partial charge in [0.25, 0.3) is 0 Å². The van der Waals surface area contributed by atoms with Gasteiger partial charge in [0.05, 0.1) is 16.6 Å². The van der Waals surface area contributed by atoms with Crippen LogP contribution >= 0.6 is 0 Å². The van der Waals surface area contributed by atoms with E-state index in [1.54, 1.807) is 42.7 Å². The number of aryl methyl sites for hydroxylation is 1. The van der Waals surface area contributed by atoms with Crippen LogP contribution in [0.4, 0.5) is 0 Å². The van der Waals surface area contributed by atoms with Gasteiger partial charge in [0.1, 0.15) is 0 Å². The van der Waals surface area contributed by atoms with Crippen LogP contribution in [0.25, 0.3) is 10.9 Å². The van der Waals surface area contributed by atoms with Crippen LogP contribution in [0.5, 0.6) is 0 Å². The molecular weight excluding hydrogens is 288 g/mol. The van der Waals surface area contributed by atoms with Crippen molar-refractivity contribution in [1.82, 2.24) is 19.9 Å². The van der Waals surface area contributed by atoms with Crippen molar-refractivity contribution in [1.29, 1.82) is 0 Å². The van der Waals surface area contributed by atoms with Crippen molar-refractivity contribution < 1.29 is 8.42 Å². The van der Waals surface area contributed by atoms with Gasteiger partial charge >= 0.3 is 0 Å². The highest BCUT2D eigenvalue weighted by Crippen LogP contribution is 2.21. The highest BCUT2D eigenvalue weighted by atomic mass is 32.2. The molecule has 7 heteroatoms. The van der Waals surface area contributed by atoms with Gasteiger partial charge in [-0.05, 0) is 31.2 Å². The highest BCUT2D eigenvalue weighted by molar-refractivity contribution is 7.89. The van der Waals surface area contributed by atoms with Crippen molar-refractivity contribution in [3.8, 4) is 0 Å². The van der Waals surface area contributed by atoms with Crippen LogP contribution in [0.3, 0.4) is 0 Å². The number of nitrogens with one attached hydrogen (secondary N) is 2. The SMILES string of the molecule is Cc1[nH]ncc1CNS(=O)(=O)c1cccc2ncccc12. The number of hydrogen-bond acceptors (Lipinski definition) is 4. The Hall–Kier alpha value is -2.25. The largest absolute Gasteiger partial charge is 0.283 e. The normalized spacial score (nSPS) is 11.9. The van der Waals surface area contributed by atoms with Crippen molar-refractivity contribution in [2.45, 2.75) is 18.4 Å². The van der Waals surface area contributed by atoms with Gasteiger partial charge in [0.2, 0.25) is 10.0 Å². The molecule has 0 unspecified atom stereocenters. The molecule has 2 N–H and O–H groups in total. The average molecular weight is 302 g/mol. The molecule has 3 rings (SSSR count). The van der Waals surface area contributed by atoms with Gasteiger partial charge in [0, 0.05) is 29.4 Å². The Morgan fingerprint density at radius 3 is 2.86 bits per heavy atom. The van der Waals surface area contributed by atoms with Crippen LogP contribution in [0, 0.1) is 6.92 Å². The first-order valence-electron chi connectivity index (χ1n) is 6.40. The van der Waals surface area contributed by atoms with Crippen molar-refractivity contribution >= 4 is 20.9 Å². The second-order valence-corrected chi connectivity index (χ2v) is 6.41. The molecule has 3 aromatic rings. The summed E-state index contributed by atoms with van der Waals surface area (Å²) in [4.78, 5) is 4.40. The third kappa shape index (κ3) is 2.65. The number of rotatable bonds is 4. The molecule has 6 nitrogen and oxygen atoms in total. The Balaban J connectivity index is 1.95. The second-order valence-electron chi connectivity index (χ2n) is 4.67. The number of aromatic amines is 1. The molecule has 0 aliphatic rings. The molecule has 0 saturated heterocycles. The Kier molecular flexibility index (Phi) is 3.44. The van der Waals surface area contributed by atoms with E-state index in [1.165, 1.54) is 0 Å². The van der Waals surface area contributed by atoms with E-state index in [-0.39, 0.29) is 11.4 Å². The highest BCUT2D eigenvalue weighted by Gasteiger charge is 2.17. The van der Waals surface area contributed by atoms with Crippen LogP contribution in [-0.4, -0.2) is 23.6 Å². The van der Waals surface area contributed by atoms with Crippen LogP contribution in [0.15, 0.2) is 47.6 Å². The van der Waals surface area contributed by atoms with Crippen molar-refractivity contribution in [2.24, 2.45) is 0 Å². The predicted molar refractivity (Wildman–Crippen MR) is 79.1 cm³/mol. The zero-order valence-electron chi connectivity index (χ0n) is 11.4. The molecule has 0 atom stereocenters. The lowest BCUT2D eigenvalue weighted by Gasteiger charge is -2.08. The zero-order chi connectivity index (χ0) is 14.9. The molecule has 0 saturated carbocycles. The summed E-state index contributed by atoms with van der Waals surface area (Å²) in [6.45, 7) is 2.04. The van der Waals surface area contributed by atoms with Crippen LogP contribution in [-0.2, 0) is 16.6 Å². The fraction of sp³-hybridized carbons (Fsp3) is 0.143. The van der Waals surface area contributed by atoms with E-state index in [0.29, 0.717) is 10.9 Å². The van der Waals surface area contributed by atoms with Gasteiger partial charge in [-0.2, -0.15) is 5.10 Å². The van der Waals surface area contributed by atoms with E-state index in [0.717, 1.165) is 11.3 Å². The topological polar surface area (TPSA) is 87.7 Å². The molecule has 0 fully saturated rings. The maximum absolute atomic E-state index is 12.5. The summed E-state index contributed by atoms with van der Waals surface area (Å²) in [5, 5.41) is 7.26. The summed E-state index contributed by atoms with van der Waals surface area (Å²) in [6, 6.07) is 8.53. The Morgan fingerprint density at radius 1 is 1.24 bits per heavy atom. The first kappa shape index (κ1) is 13.7. The predicted octanol–water partition coefficient (Wildman–Crippen LogP) is 1.74. The fourth-order valence-corrected chi connectivity index (χ4v) is 3.33. The van der Waals surface area contributed by atoms with E-state index < -0.39 is 10.0 Å². The summed E-state index contributed by atoms with van der Waals surface area (Å²) in [5.74, 6) is 0. The lowest BCUT2D eigenvalue weighted by Crippen LogP contribution is -2.23. The molecule has 0 aliphatic carbocycles. The average Bonchev–Trinajstić information content (AvgIpc) is 2.90. The molecule has 1 aromatic carbocycles. The number of pyridine rings is 1. The minimum atomic E-state index is -3.61. The number of hydrogen-bond donors (Lipinski definition) is 2. The Morgan fingerprint density at radius 2 is 2.10 bits per heavy atom. The monoisotopic (exact) mass is 302 g/mol. The van der Waals surface area contributed by atoms with Crippen LogP contribution < -0.4 is 4.72 Å². The van der Waals surface area contributed by atoms with Crippen molar-refractivity contribution in [3.05, 3.63) is 54.0 Å². The third-order valence-corrected chi connectivity index (χ3v) is 4.74. The summed E-state index contributed by atoms with van der Waals surface area (Å²) in [6.07, 6.45) is 3.25. The molecule has 2 heterocycles. The number of H-pyrrole nitrogens is 1. The molecule has 21 heavy (non-hydrogen) atoms. The lowest BCUT2D eigenvalue weighted by atomic mass is 10.2. The Labute approximate surface area is 122 Å². The number of aromatic nitrogens is 3. The first-order valence-corrected chi connectivity index (χ1v) is 7.88. The molecule has 0 radical (unpaired) electrons. The number of fused-ring (bicyclic) bond motifs is 1. The van der Waals surface area contributed by atoms with E-state index >= 15 is 0 Å². The molecule has 108 valence electrons. The lowest BCUT2D eigenvalue weighted by molar-refractivity contribution is 0.582. The Bertz CT molecular complexity index is 881. The van der Waals surface area contributed by atoms with Gasteiger partial charge in [-0.3, -0.25) is 10.1 Å². The fourth-order valence-electron chi connectivity index (χ4n) is 2.11. The first-order chi connectivity index (χ1) is 10.1. The van der Waals surface area contributed by atoms with E-state index in [4.69, 9.17) is 0 Å². The molecule has 0 amide bonds. The number of nitrogens with zero attached hydrogens (tertiary/aromatic N) is 2. The van der Waals surface area contributed by atoms with Crippen LogP contribution in [0.2, 0.25) is 0 Å². The summed E-state index contributed by atoms with van der Waals surface area (Å²) in [7, 11) is -3.61. The summed E-state index contributed by atoms with van der Waals surface area (Å²) < 4.78 is 27.6. The zero-order valence-corrected chi connectivity index (χ0v) is 12.2. The minimum absolute atomic E-state index is 0.196. The molecule has 0 bridgehead atoms. The molecule has 0 spiro atoms. The maximum atomic E-state index is 12.5. The quantitative estimate of drug-likeness (QED) is 0.768. The van der Waals surface area contributed by atoms with E-state index in [2.05, 4.69) is 19.9 Å². The van der Waals surface area contributed by atoms with Crippen LogP contribution in [0.1, 0.15) is 11.3 Å². The molecule has 2 aromatic heterocycles. The van der Waals surface area contributed by atoms with Crippen molar-refractivity contribution in [3.63, 3.8) is 0 Å². The van der Waals surface area contributed by atoms with Gasteiger partial charge in [-0.15, -0.1) is 0 Å². The standard InChI is InChI=1S/C14H14N4O2S/c1-10-11(8-16-18-10)9-17-21(19,20)14-6-2-5-13-12(14)4-3-7-15-13/h2-8,17H,9H2,1H3,(H,16,18). The van der Waals surface area contributed by atoms with Gasteiger partial charge in [0.15, 0.2) is 0 Å². The van der Waals surface area contributed by atoms with E-state index in [1.807, 2.05) is 6.92 Å². The number of sulfonamides is 1. The second kappa shape index (κ2) is 5.27. The smallest absolute Gasteiger partial charge is 0.241 e. The summed E-state index contributed by atoms with van der Waals surface area (Å²) in [5.41, 5.74) is 2.31. The molecule has 0 aliphatic heterocycles. The third-order valence-electron chi connectivity index (χ3n) is 3.28. The maximum Gasteiger partial charge on any atom is 0.241 e. The van der Waals surface area contributed by atoms with Gasteiger partial charge in [-0.25, -0.2) is 13.1 Å². The molecular formula is C14H14N4O2S. The number of benzene rings is 1. The minimum Gasteiger partial charge on any atom is -0.283 e. The summed E-state index contributed by atoms with van der Waals surface area (Å²) >= 11 is 0. The van der Waals surface area contributed by atoms with Gasteiger partial charge < -0.3 is 0 Å².